The number of nitrogens with zero attached hydrogens (tertiary/aromatic N) is 6. The predicted molar refractivity (Wildman–Crippen MR) is 236 cm³/mol. The first-order valence-corrected chi connectivity index (χ1v) is 24.0. The third-order valence-corrected chi connectivity index (χ3v) is 15.6. The van der Waals surface area contributed by atoms with Gasteiger partial charge >= 0.3 is 10.2 Å². The van der Waals surface area contributed by atoms with Crippen molar-refractivity contribution < 1.29 is 40.8 Å². The lowest BCUT2D eigenvalue weighted by Crippen LogP contribution is -2.52. The maximum absolute atomic E-state index is 15.8. The van der Waals surface area contributed by atoms with Crippen LogP contribution in [0.5, 0.6) is 0 Å². The molecular weight excluding hydrogens is 876 g/mol. The summed E-state index contributed by atoms with van der Waals surface area (Å²) >= 11 is 0. The van der Waals surface area contributed by atoms with Crippen LogP contribution in [-0.4, -0.2) is 111 Å². The number of H-pyrrole nitrogens is 1. The quantitative estimate of drug-likeness (QED) is 0.102. The summed E-state index contributed by atoms with van der Waals surface area (Å²) in [7, 11) is -4.36. The molecule has 3 aromatic heterocycles. The molecule has 3 N–H and O–H groups in total. The lowest BCUT2D eigenvalue weighted by molar-refractivity contribution is -0.136. The van der Waals surface area contributed by atoms with Crippen LogP contribution in [0.1, 0.15) is 113 Å². The summed E-state index contributed by atoms with van der Waals surface area (Å²) in [6.07, 6.45) is 11.7. The number of likely N-dealkylation sites (tertiary alicyclic amines) is 1. The number of anilines is 1. The first-order chi connectivity index (χ1) is 31.8. The molecule has 66 heavy (non-hydrogen) atoms. The molecule has 0 spiro atoms. The Morgan fingerprint density at radius 2 is 1.61 bits per heavy atom. The Bertz CT molecular complexity index is 2860. The van der Waals surface area contributed by atoms with E-state index in [1.54, 1.807) is 29.6 Å². The Morgan fingerprint density at radius 3 is 2.33 bits per heavy atom. The second kappa shape index (κ2) is 17.6. The Kier molecular flexibility index (Phi) is 11.7. The number of aromatic amines is 1. The summed E-state index contributed by atoms with van der Waals surface area (Å²) < 4.78 is 73.1. The van der Waals surface area contributed by atoms with Crippen molar-refractivity contribution in [3.8, 4) is 11.1 Å². The molecule has 3 saturated heterocycles. The number of aromatic nitrogens is 4. The van der Waals surface area contributed by atoms with Gasteiger partial charge in [0.25, 0.3) is 5.91 Å². The fraction of sp³-hybridized carbons (Fsp3) is 0.426. The molecule has 15 nitrogen and oxygen atoms in total. The Morgan fingerprint density at radius 1 is 0.848 bits per heavy atom. The number of halogens is 3. The number of amides is 3. The van der Waals surface area contributed by atoms with Crippen molar-refractivity contribution in [3.63, 3.8) is 0 Å². The summed E-state index contributed by atoms with van der Waals surface area (Å²) in [5, 5.41) is 2.66. The summed E-state index contributed by atoms with van der Waals surface area (Å²) in [5.41, 5.74) is 2.67. The maximum Gasteiger partial charge on any atom is 0.301 e. The number of ketones is 1. The molecule has 1 saturated carbocycles. The fourth-order valence-electron chi connectivity index (χ4n) is 10.4. The van der Waals surface area contributed by atoms with Gasteiger partial charge in [-0.15, -0.1) is 0 Å². The number of carbonyl (C=O) groups is 4. The summed E-state index contributed by atoms with van der Waals surface area (Å²) in [4.78, 5) is 72.0. The zero-order chi connectivity index (χ0) is 45.9. The predicted octanol–water partition coefficient (Wildman–Crippen LogP) is 6.14. The highest BCUT2D eigenvalue weighted by Gasteiger charge is 2.40. The summed E-state index contributed by atoms with van der Waals surface area (Å²) in [6, 6.07) is 8.82. The normalized spacial score (nSPS) is 23.4. The number of pyridine rings is 1. The van der Waals surface area contributed by atoms with Crippen LogP contribution in [0.3, 0.4) is 0 Å². The van der Waals surface area contributed by atoms with Gasteiger partial charge in [0, 0.05) is 90.9 Å². The van der Waals surface area contributed by atoms with Crippen molar-refractivity contribution >= 4 is 50.4 Å². The SMILES string of the molecule is O=C1CCC(N2Cc3cc(C4CCN(CC5CCC(c6ncc(-c7cnc8[nH]cc(C(=O)c9c(F)ccc(NS(=O)(=O)N%10CC[C@@H](F)C%10)c9F)c8c7)cn6)CC5)CC4)ccc3C2=O)C(=O)N1. The number of carbonyl (C=O) groups excluding carboxylic acids is 4. The molecule has 4 fully saturated rings. The molecule has 10 rings (SSSR count). The third-order valence-electron chi connectivity index (χ3n) is 14.1. The van der Waals surface area contributed by atoms with E-state index in [9.17, 15) is 32.0 Å². The van der Waals surface area contributed by atoms with Crippen LogP contribution >= 0.6 is 0 Å². The van der Waals surface area contributed by atoms with Crippen molar-refractivity contribution in [2.24, 2.45) is 5.92 Å². The number of rotatable bonds is 11. The first-order valence-electron chi connectivity index (χ1n) is 22.5. The Labute approximate surface area is 378 Å². The minimum Gasteiger partial charge on any atom is -0.345 e. The van der Waals surface area contributed by atoms with Gasteiger partial charge in [0.05, 0.1) is 11.3 Å². The molecule has 19 heteroatoms. The minimum atomic E-state index is -4.36. The van der Waals surface area contributed by atoms with E-state index >= 15 is 8.78 Å². The number of nitrogens with one attached hydrogen (secondary N) is 3. The molecule has 0 radical (unpaired) electrons. The van der Waals surface area contributed by atoms with Crippen LogP contribution in [0.25, 0.3) is 22.2 Å². The minimum absolute atomic E-state index is 0.00108. The van der Waals surface area contributed by atoms with Gasteiger partial charge in [0.1, 0.15) is 29.5 Å². The molecule has 344 valence electrons. The molecule has 4 aliphatic heterocycles. The smallest absolute Gasteiger partial charge is 0.301 e. The average molecular weight is 924 g/mol. The van der Waals surface area contributed by atoms with Crippen LogP contribution in [0.2, 0.25) is 0 Å². The van der Waals surface area contributed by atoms with E-state index in [4.69, 9.17) is 9.97 Å². The van der Waals surface area contributed by atoms with Crippen LogP contribution in [-0.2, 0) is 26.3 Å². The van der Waals surface area contributed by atoms with E-state index in [1.807, 2.05) is 10.8 Å². The Balaban J connectivity index is 0.730. The molecule has 7 heterocycles. The monoisotopic (exact) mass is 923 g/mol. The fourth-order valence-corrected chi connectivity index (χ4v) is 11.7. The lowest BCUT2D eigenvalue weighted by atomic mass is 9.80. The van der Waals surface area contributed by atoms with Crippen LogP contribution in [0.4, 0.5) is 18.9 Å². The number of fused-ring (bicyclic) bond motifs is 2. The third kappa shape index (κ3) is 8.47. The molecule has 0 bridgehead atoms. The maximum atomic E-state index is 15.8. The van der Waals surface area contributed by atoms with E-state index in [0.717, 1.165) is 86.0 Å². The molecule has 1 unspecified atom stereocenters. The van der Waals surface area contributed by atoms with Crippen molar-refractivity contribution in [2.75, 3.05) is 37.4 Å². The topological polar surface area (TPSA) is 191 Å². The highest BCUT2D eigenvalue weighted by atomic mass is 32.2. The number of alkyl halides is 1. The highest BCUT2D eigenvalue weighted by Crippen LogP contribution is 2.38. The molecule has 2 atom stereocenters. The largest absolute Gasteiger partial charge is 0.345 e. The molecule has 2 aromatic carbocycles. The highest BCUT2D eigenvalue weighted by molar-refractivity contribution is 7.90. The van der Waals surface area contributed by atoms with Crippen molar-refractivity contribution in [1.29, 1.82) is 0 Å². The van der Waals surface area contributed by atoms with E-state index < -0.39 is 63.5 Å². The van der Waals surface area contributed by atoms with Gasteiger partial charge in [0.2, 0.25) is 17.6 Å². The van der Waals surface area contributed by atoms with Crippen LogP contribution < -0.4 is 10.0 Å². The first kappa shape index (κ1) is 43.8. The van der Waals surface area contributed by atoms with Crippen LogP contribution in [0, 0.1) is 17.6 Å². The van der Waals surface area contributed by atoms with Gasteiger partial charge in [-0.2, -0.15) is 12.7 Å². The number of hydrogen-bond donors (Lipinski definition) is 3. The molecular formula is C47H48F3N9O6S. The van der Waals surface area contributed by atoms with Crippen molar-refractivity contribution in [1.82, 2.24) is 39.4 Å². The van der Waals surface area contributed by atoms with Crippen LogP contribution in [0.15, 0.2) is 61.2 Å². The zero-order valence-corrected chi connectivity index (χ0v) is 36.8. The van der Waals surface area contributed by atoms with Crippen molar-refractivity contribution in [3.05, 3.63) is 106 Å². The standard InChI is InChI=1S/C47H48F3N9O6S/c48-33-13-16-58(25-33)66(64,65)56-38-8-7-37(49)41(42(38)50)43(61)36-22-54-45-35(36)18-30(19-53-45)32-20-51-44(52-21-32)28-3-1-26(2-4-28)23-57-14-11-27(12-15-57)29-5-6-34-31(17-29)24-59(47(34)63)39-9-10-40(60)55-46(39)62/h5-8,17-22,26-28,33,39,56H,1-4,9-16,23-25H2,(H,53,54)(H,55,60,62)/t26?,28?,33-,39?/m1/s1. The molecule has 1 aliphatic carbocycles. The van der Waals surface area contributed by atoms with E-state index in [-0.39, 0.29) is 42.7 Å². The van der Waals surface area contributed by atoms with Gasteiger partial charge in [-0.3, -0.25) is 29.2 Å². The second-order valence-corrected chi connectivity index (χ2v) is 19.9. The number of hydrogen-bond acceptors (Lipinski definition) is 10. The van der Waals surface area contributed by atoms with Crippen molar-refractivity contribution in [2.45, 2.75) is 88.4 Å². The zero-order valence-electron chi connectivity index (χ0n) is 35.9. The number of benzene rings is 2. The van der Waals surface area contributed by atoms with Gasteiger partial charge in [-0.05, 0) is 112 Å². The molecule has 5 aromatic rings. The van der Waals surface area contributed by atoms with Gasteiger partial charge in [-0.25, -0.2) is 28.1 Å². The Hall–Kier alpha value is -6.05. The van der Waals surface area contributed by atoms with E-state index in [2.05, 4.69) is 32.3 Å². The second-order valence-electron chi connectivity index (χ2n) is 18.2. The van der Waals surface area contributed by atoms with Gasteiger partial charge in [-0.1, -0.05) is 12.1 Å². The van der Waals surface area contributed by atoms with Gasteiger partial charge < -0.3 is 14.8 Å². The lowest BCUT2D eigenvalue weighted by Gasteiger charge is -2.36. The van der Waals surface area contributed by atoms with E-state index in [0.29, 0.717) is 52.5 Å². The average Bonchev–Trinajstić information content (AvgIpc) is 4.04. The summed E-state index contributed by atoms with van der Waals surface area (Å²) in [5.74, 6) is -2.49. The van der Waals surface area contributed by atoms with E-state index in [1.165, 1.54) is 11.8 Å². The van der Waals surface area contributed by atoms with Gasteiger partial charge in [0.15, 0.2) is 5.82 Å². The number of piperidine rings is 2. The molecule has 5 aliphatic rings. The number of imide groups is 1. The summed E-state index contributed by atoms with van der Waals surface area (Å²) in [6.45, 7) is 2.93. The molecule has 3 amide bonds.